The van der Waals surface area contributed by atoms with Crippen LogP contribution in [-0.2, 0) is 0 Å². The standard InChI is InChI=1S/C14H16N4O3/c1-9-2-3-11(18(19)20)8-12(9)14-16-13(17-21-14)10-4-6-15-7-5-10/h2-3,8,10,15H,4-7H2,1H3. The molecule has 0 spiro atoms. The van der Waals surface area contributed by atoms with Crippen LogP contribution in [0.4, 0.5) is 5.69 Å². The first kappa shape index (κ1) is 13.7. The number of nitrogens with one attached hydrogen (secondary N) is 1. The molecule has 7 nitrogen and oxygen atoms in total. The molecule has 0 aliphatic carbocycles. The number of non-ortho nitro benzene ring substituents is 1. The average molecular weight is 288 g/mol. The van der Waals surface area contributed by atoms with E-state index in [1.807, 2.05) is 6.92 Å². The highest BCUT2D eigenvalue weighted by Gasteiger charge is 2.22. The Morgan fingerprint density at radius 1 is 1.38 bits per heavy atom. The highest BCUT2D eigenvalue weighted by molar-refractivity contribution is 5.62. The molecule has 1 aromatic carbocycles. The van der Waals surface area contributed by atoms with Crippen LogP contribution in [0, 0.1) is 17.0 Å². The van der Waals surface area contributed by atoms with E-state index in [-0.39, 0.29) is 5.69 Å². The van der Waals surface area contributed by atoms with Gasteiger partial charge in [0.1, 0.15) is 0 Å². The summed E-state index contributed by atoms with van der Waals surface area (Å²) < 4.78 is 5.32. The van der Waals surface area contributed by atoms with E-state index in [0.29, 0.717) is 23.2 Å². The van der Waals surface area contributed by atoms with Gasteiger partial charge in [0, 0.05) is 23.6 Å². The van der Waals surface area contributed by atoms with Crippen LogP contribution in [0.15, 0.2) is 22.7 Å². The van der Waals surface area contributed by atoms with Gasteiger partial charge in [0.05, 0.1) is 4.92 Å². The van der Waals surface area contributed by atoms with Crippen LogP contribution >= 0.6 is 0 Å². The monoisotopic (exact) mass is 288 g/mol. The summed E-state index contributed by atoms with van der Waals surface area (Å²) in [4.78, 5) is 14.9. The molecule has 21 heavy (non-hydrogen) atoms. The van der Waals surface area contributed by atoms with Crippen LogP contribution in [0.25, 0.3) is 11.5 Å². The molecule has 1 saturated heterocycles. The van der Waals surface area contributed by atoms with Crippen molar-refractivity contribution in [3.05, 3.63) is 39.7 Å². The van der Waals surface area contributed by atoms with Crippen molar-refractivity contribution in [3.8, 4) is 11.5 Å². The van der Waals surface area contributed by atoms with E-state index in [1.165, 1.54) is 12.1 Å². The fraction of sp³-hybridized carbons (Fsp3) is 0.429. The topological polar surface area (TPSA) is 94.1 Å². The minimum absolute atomic E-state index is 0.0252. The third-order valence-electron chi connectivity index (χ3n) is 3.81. The number of benzene rings is 1. The molecule has 0 saturated carbocycles. The summed E-state index contributed by atoms with van der Waals surface area (Å²) in [6.45, 7) is 3.77. The molecule has 1 fully saturated rings. The summed E-state index contributed by atoms with van der Waals surface area (Å²) in [6.07, 6.45) is 1.96. The molecule has 0 amide bonds. The van der Waals surface area contributed by atoms with E-state index < -0.39 is 4.92 Å². The molecule has 2 aromatic rings. The molecular formula is C14H16N4O3. The normalized spacial score (nSPS) is 16.0. The summed E-state index contributed by atoms with van der Waals surface area (Å²) in [7, 11) is 0. The third kappa shape index (κ3) is 2.78. The Labute approximate surface area is 121 Å². The van der Waals surface area contributed by atoms with Crippen molar-refractivity contribution in [2.24, 2.45) is 0 Å². The van der Waals surface area contributed by atoms with Crippen molar-refractivity contribution in [1.29, 1.82) is 0 Å². The first-order chi connectivity index (χ1) is 10.1. The van der Waals surface area contributed by atoms with Crippen molar-refractivity contribution in [3.63, 3.8) is 0 Å². The lowest BCUT2D eigenvalue weighted by Crippen LogP contribution is -2.27. The predicted molar refractivity (Wildman–Crippen MR) is 76.0 cm³/mol. The second kappa shape index (κ2) is 5.61. The average Bonchev–Trinajstić information content (AvgIpc) is 2.98. The second-order valence-electron chi connectivity index (χ2n) is 5.24. The largest absolute Gasteiger partial charge is 0.334 e. The predicted octanol–water partition coefficient (Wildman–Crippen LogP) is 2.42. The molecule has 0 bridgehead atoms. The molecule has 0 radical (unpaired) electrons. The molecule has 1 aliphatic heterocycles. The lowest BCUT2D eigenvalue weighted by Gasteiger charge is -2.18. The van der Waals surface area contributed by atoms with Gasteiger partial charge in [-0.1, -0.05) is 11.2 Å². The fourth-order valence-electron chi connectivity index (χ4n) is 2.54. The molecule has 1 N–H and O–H groups in total. The van der Waals surface area contributed by atoms with Crippen molar-refractivity contribution in [1.82, 2.24) is 15.5 Å². The van der Waals surface area contributed by atoms with Crippen molar-refractivity contribution in [2.45, 2.75) is 25.7 Å². The van der Waals surface area contributed by atoms with Gasteiger partial charge in [-0.25, -0.2) is 0 Å². The Morgan fingerprint density at radius 2 is 2.14 bits per heavy atom. The maximum absolute atomic E-state index is 10.9. The fourth-order valence-corrected chi connectivity index (χ4v) is 2.54. The van der Waals surface area contributed by atoms with Gasteiger partial charge in [-0.3, -0.25) is 10.1 Å². The van der Waals surface area contributed by atoms with Crippen LogP contribution in [0.3, 0.4) is 0 Å². The van der Waals surface area contributed by atoms with E-state index in [0.717, 1.165) is 31.5 Å². The number of nitrogens with zero attached hydrogens (tertiary/aromatic N) is 3. The summed E-state index contributed by atoms with van der Waals surface area (Å²) >= 11 is 0. The minimum Gasteiger partial charge on any atom is -0.334 e. The van der Waals surface area contributed by atoms with Crippen molar-refractivity contribution in [2.75, 3.05) is 13.1 Å². The quantitative estimate of drug-likeness (QED) is 0.688. The van der Waals surface area contributed by atoms with Crippen LogP contribution in [0.2, 0.25) is 0 Å². The van der Waals surface area contributed by atoms with Gasteiger partial charge in [0.15, 0.2) is 5.82 Å². The summed E-state index contributed by atoms with van der Waals surface area (Å²) in [5.41, 5.74) is 1.52. The zero-order chi connectivity index (χ0) is 14.8. The molecule has 0 atom stereocenters. The first-order valence-corrected chi connectivity index (χ1v) is 6.95. The molecule has 110 valence electrons. The van der Waals surface area contributed by atoms with Crippen LogP contribution in [0.1, 0.15) is 30.1 Å². The highest BCUT2D eigenvalue weighted by atomic mass is 16.6. The zero-order valence-electron chi connectivity index (χ0n) is 11.7. The van der Waals surface area contributed by atoms with E-state index in [1.54, 1.807) is 6.07 Å². The first-order valence-electron chi connectivity index (χ1n) is 6.95. The molecule has 7 heteroatoms. The van der Waals surface area contributed by atoms with Crippen molar-refractivity contribution >= 4 is 5.69 Å². The lowest BCUT2D eigenvalue weighted by atomic mass is 9.97. The Kier molecular flexibility index (Phi) is 3.66. The van der Waals surface area contributed by atoms with E-state index in [2.05, 4.69) is 15.5 Å². The van der Waals surface area contributed by atoms with Crippen LogP contribution in [0.5, 0.6) is 0 Å². The number of hydrogen-bond acceptors (Lipinski definition) is 6. The number of nitro groups is 1. The molecule has 1 aliphatic rings. The number of rotatable bonds is 3. The van der Waals surface area contributed by atoms with Gasteiger partial charge in [-0.05, 0) is 38.4 Å². The Hall–Kier alpha value is -2.28. The minimum atomic E-state index is -0.424. The zero-order valence-corrected chi connectivity index (χ0v) is 11.7. The number of hydrogen-bond donors (Lipinski definition) is 1. The van der Waals surface area contributed by atoms with E-state index in [4.69, 9.17) is 4.52 Å². The number of piperidine rings is 1. The molecule has 3 rings (SSSR count). The highest BCUT2D eigenvalue weighted by Crippen LogP contribution is 2.29. The van der Waals surface area contributed by atoms with Gasteiger partial charge in [-0.15, -0.1) is 0 Å². The summed E-state index contributed by atoms with van der Waals surface area (Å²) in [5, 5.41) is 18.2. The van der Waals surface area contributed by atoms with Gasteiger partial charge in [0.2, 0.25) is 0 Å². The number of aromatic nitrogens is 2. The van der Waals surface area contributed by atoms with Gasteiger partial charge < -0.3 is 9.84 Å². The number of aryl methyl sites for hydroxylation is 1. The van der Waals surface area contributed by atoms with E-state index in [9.17, 15) is 10.1 Å². The Morgan fingerprint density at radius 3 is 2.86 bits per heavy atom. The Bertz CT molecular complexity index is 662. The summed E-state index contributed by atoms with van der Waals surface area (Å²) in [6, 6.07) is 4.65. The van der Waals surface area contributed by atoms with Gasteiger partial charge in [0.25, 0.3) is 11.6 Å². The van der Waals surface area contributed by atoms with Crippen molar-refractivity contribution < 1.29 is 9.45 Å². The van der Waals surface area contributed by atoms with Crippen LogP contribution < -0.4 is 5.32 Å². The SMILES string of the molecule is Cc1ccc([N+](=O)[O-])cc1-c1nc(C2CCNCC2)no1. The smallest absolute Gasteiger partial charge is 0.270 e. The van der Waals surface area contributed by atoms with Gasteiger partial charge >= 0.3 is 0 Å². The third-order valence-corrected chi connectivity index (χ3v) is 3.81. The lowest BCUT2D eigenvalue weighted by molar-refractivity contribution is -0.384. The van der Waals surface area contributed by atoms with E-state index >= 15 is 0 Å². The maximum Gasteiger partial charge on any atom is 0.270 e. The number of nitro benzene ring substituents is 1. The summed E-state index contributed by atoms with van der Waals surface area (Å²) in [5.74, 6) is 1.34. The molecule has 2 heterocycles. The second-order valence-corrected chi connectivity index (χ2v) is 5.24. The molecular weight excluding hydrogens is 272 g/mol. The molecule has 0 unspecified atom stereocenters. The molecule has 1 aromatic heterocycles. The van der Waals surface area contributed by atoms with Gasteiger partial charge in [-0.2, -0.15) is 4.98 Å². The Balaban J connectivity index is 1.92. The van der Waals surface area contributed by atoms with Crippen LogP contribution in [-0.4, -0.2) is 28.2 Å². The maximum atomic E-state index is 10.9.